The molecule has 0 amide bonds. The van der Waals surface area contributed by atoms with Crippen LogP contribution in [0.25, 0.3) is 20.8 Å². The smallest absolute Gasteiger partial charge is 0.224 e. The molecule has 0 bridgehead atoms. The lowest BCUT2D eigenvalue weighted by atomic mass is 10.1. The van der Waals surface area contributed by atoms with E-state index in [0.717, 1.165) is 38.7 Å². The molecule has 0 aromatic carbocycles. The highest BCUT2D eigenvalue weighted by Gasteiger charge is 2.41. The van der Waals surface area contributed by atoms with Crippen molar-refractivity contribution in [1.82, 2.24) is 19.9 Å². The fraction of sp³-hybridized carbons (Fsp3) is 0.583. The predicted molar refractivity (Wildman–Crippen MR) is 131 cm³/mol. The van der Waals surface area contributed by atoms with Crippen molar-refractivity contribution in [2.45, 2.75) is 63.2 Å². The van der Waals surface area contributed by atoms with E-state index in [1.165, 1.54) is 25.7 Å². The van der Waals surface area contributed by atoms with E-state index in [4.69, 9.17) is 15.0 Å². The van der Waals surface area contributed by atoms with Gasteiger partial charge in [-0.25, -0.2) is 9.97 Å². The molecule has 10 heteroatoms. The molecule has 3 fully saturated rings. The monoisotopic (exact) mass is 482 g/mol. The van der Waals surface area contributed by atoms with Crippen molar-refractivity contribution < 1.29 is 15.3 Å². The molecule has 6 rings (SSSR count). The highest BCUT2D eigenvalue weighted by molar-refractivity contribution is 7.21. The zero-order valence-corrected chi connectivity index (χ0v) is 19.9. The summed E-state index contributed by atoms with van der Waals surface area (Å²) in [7, 11) is 0. The Balaban J connectivity index is 1.37. The number of thiazole rings is 1. The van der Waals surface area contributed by atoms with Gasteiger partial charge in [-0.3, -0.25) is 4.98 Å². The number of hydrogen-bond donors (Lipinski definition) is 5. The van der Waals surface area contributed by atoms with Crippen molar-refractivity contribution in [2.75, 3.05) is 23.8 Å². The Morgan fingerprint density at radius 3 is 2.62 bits per heavy atom. The van der Waals surface area contributed by atoms with Gasteiger partial charge in [-0.05, 0) is 51.0 Å². The largest absolute Gasteiger partial charge is 0.396 e. The molecule has 3 aromatic rings. The Kier molecular flexibility index (Phi) is 5.63. The number of aromatic nitrogens is 4. The van der Waals surface area contributed by atoms with Crippen LogP contribution in [0.5, 0.6) is 0 Å². The molecular formula is C24H30N6O3S. The van der Waals surface area contributed by atoms with Crippen LogP contribution in [0, 0.1) is 18.8 Å². The van der Waals surface area contributed by atoms with Gasteiger partial charge in [-0.1, -0.05) is 0 Å². The summed E-state index contributed by atoms with van der Waals surface area (Å²) in [5, 5.41) is 38.0. The van der Waals surface area contributed by atoms with E-state index in [1.807, 2.05) is 13.1 Å². The summed E-state index contributed by atoms with van der Waals surface area (Å²) in [5.74, 6) is 2.00. The maximum Gasteiger partial charge on any atom is 0.224 e. The second kappa shape index (κ2) is 8.67. The fourth-order valence-corrected chi connectivity index (χ4v) is 5.83. The van der Waals surface area contributed by atoms with Crippen LogP contribution in [0.1, 0.15) is 49.4 Å². The summed E-state index contributed by atoms with van der Waals surface area (Å²) in [6.07, 6.45) is 5.18. The van der Waals surface area contributed by atoms with Crippen molar-refractivity contribution in [3.8, 4) is 10.6 Å². The Morgan fingerprint density at radius 1 is 1.09 bits per heavy atom. The first kappa shape index (κ1) is 22.1. The molecule has 3 aliphatic carbocycles. The van der Waals surface area contributed by atoms with E-state index >= 15 is 0 Å². The van der Waals surface area contributed by atoms with Crippen LogP contribution in [-0.4, -0.2) is 66.7 Å². The van der Waals surface area contributed by atoms with Crippen molar-refractivity contribution >= 4 is 33.3 Å². The fourth-order valence-electron chi connectivity index (χ4n) is 4.75. The van der Waals surface area contributed by atoms with E-state index in [1.54, 1.807) is 11.3 Å². The number of aliphatic hydroxyl groups excluding tert-OH is 3. The number of aliphatic hydroxyl groups is 3. The maximum atomic E-state index is 10.6. The first-order valence-corrected chi connectivity index (χ1v) is 12.9. The average molecular weight is 483 g/mol. The zero-order chi connectivity index (χ0) is 23.4. The Bertz CT molecular complexity index is 1210. The third-order valence-electron chi connectivity index (χ3n) is 7.20. The van der Waals surface area contributed by atoms with E-state index in [2.05, 4.69) is 21.7 Å². The van der Waals surface area contributed by atoms with E-state index in [-0.39, 0.29) is 12.5 Å². The van der Waals surface area contributed by atoms with Gasteiger partial charge in [0.15, 0.2) is 0 Å². The summed E-state index contributed by atoms with van der Waals surface area (Å²) in [4.78, 5) is 18.9. The van der Waals surface area contributed by atoms with Gasteiger partial charge in [-0.15, -0.1) is 11.3 Å². The number of nitrogens with one attached hydrogen (secondary N) is 2. The molecule has 3 aliphatic rings. The second-order valence-electron chi connectivity index (χ2n) is 9.96. The molecule has 0 saturated heterocycles. The minimum Gasteiger partial charge on any atom is -0.396 e. The highest BCUT2D eigenvalue weighted by Crippen LogP contribution is 2.42. The predicted octanol–water partition coefficient (Wildman–Crippen LogP) is 2.67. The second-order valence-corrected chi connectivity index (χ2v) is 11.0. The quantitative estimate of drug-likeness (QED) is 0.328. The number of nitrogens with zero attached hydrogens (tertiary/aromatic N) is 4. The molecule has 0 radical (unpaired) electrons. The lowest BCUT2D eigenvalue weighted by molar-refractivity contribution is 0.00446. The van der Waals surface area contributed by atoms with Gasteiger partial charge in [0.2, 0.25) is 5.95 Å². The standard InChI is InChI=1S/C24H30N6O3S/c1-11-19(23-29-17-9-25-15(13-4-5-13)7-18(17)34-23)22(30-24(27-11)26-8-12-2-3-12)28-16-6-14(10-31)20(32)21(16)33/h7,9,12-14,16,20-21,31-33H,2-6,8,10H2,1H3,(H2,26,27,28,30)/t14-,16-,20-,21+/m1/s1. The molecule has 3 aromatic heterocycles. The van der Waals surface area contributed by atoms with Crippen LogP contribution in [0.3, 0.4) is 0 Å². The van der Waals surface area contributed by atoms with Gasteiger partial charge in [-0.2, -0.15) is 4.98 Å². The SMILES string of the molecule is Cc1nc(NCC2CC2)nc(N[C@@H]2C[C@H](CO)[C@@H](O)[C@H]2O)c1-c1nc2cnc(C3CC3)cc2s1. The number of aryl methyl sites for hydroxylation is 1. The van der Waals surface area contributed by atoms with E-state index < -0.39 is 18.2 Å². The number of fused-ring (bicyclic) bond motifs is 1. The van der Waals surface area contributed by atoms with Crippen LogP contribution in [-0.2, 0) is 0 Å². The topological polar surface area (TPSA) is 136 Å². The third kappa shape index (κ3) is 4.24. The minimum absolute atomic E-state index is 0.172. The van der Waals surface area contributed by atoms with Gasteiger partial charge in [0.1, 0.15) is 22.4 Å². The van der Waals surface area contributed by atoms with Crippen LogP contribution in [0.15, 0.2) is 12.3 Å². The first-order chi connectivity index (χ1) is 16.5. The Morgan fingerprint density at radius 2 is 1.91 bits per heavy atom. The van der Waals surface area contributed by atoms with Gasteiger partial charge < -0.3 is 26.0 Å². The first-order valence-electron chi connectivity index (χ1n) is 12.1. The molecule has 3 saturated carbocycles. The van der Waals surface area contributed by atoms with Gasteiger partial charge in [0.25, 0.3) is 0 Å². The van der Waals surface area contributed by atoms with Crippen LogP contribution in [0.4, 0.5) is 11.8 Å². The Labute approximate surface area is 201 Å². The molecule has 34 heavy (non-hydrogen) atoms. The molecular weight excluding hydrogens is 452 g/mol. The average Bonchev–Trinajstić information content (AvgIpc) is 3.75. The summed E-state index contributed by atoms with van der Waals surface area (Å²) < 4.78 is 1.09. The van der Waals surface area contributed by atoms with Crippen molar-refractivity contribution in [3.63, 3.8) is 0 Å². The van der Waals surface area contributed by atoms with Crippen molar-refractivity contribution in [1.29, 1.82) is 0 Å². The van der Waals surface area contributed by atoms with Gasteiger partial charge in [0.05, 0.1) is 34.3 Å². The third-order valence-corrected chi connectivity index (χ3v) is 8.24. The van der Waals surface area contributed by atoms with Gasteiger partial charge in [0, 0.05) is 30.7 Å². The lowest BCUT2D eigenvalue weighted by Crippen LogP contribution is -2.35. The molecule has 4 atom stereocenters. The summed E-state index contributed by atoms with van der Waals surface area (Å²) in [6, 6.07) is 1.71. The van der Waals surface area contributed by atoms with E-state index in [9.17, 15) is 15.3 Å². The zero-order valence-electron chi connectivity index (χ0n) is 19.1. The molecule has 9 nitrogen and oxygen atoms in total. The maximum absolute atomic E-state index is 10.6. The summed E-state index contributed by atoms with van der Waals surface area (Å²) in [5.41, 5.74) is 3.56. The van der Waals surface area contributed by atoms with Crippen molar-refractivity contribution in [2.24, 2.45) is 11.8 Å². The molecule has 0 unspecified atom stereocenters. The molecule has 0 spiro atoms. The molecule has 5 N–H and O–H groups in total. The number of rotatable bonds is 8. The summed E-state index contributed by atoms with van der Waals surface area (Å²) in [6.45, 7) is 2.61. The molecule has 3 heterocycles. The van der Waals surface area contributed by atoms with Gasteiger partial charge >= 0.3 is 0 Å². The summed E-state index contributed by atoms with van der Waals surface area (Å²) >= 11 is 1.59. The minimum atomic E-state index is -0.996. The van der Waals surface area contributed by atoms with E-state index in [0.29, 0.717) is 30.0 Å². The van der Waals surface area contributed by atoms with Crippen LogP contribution < -0.4 is 10.6 Å². The number of anilines is 2. The van der Waals surface area contributed by atoms with Crippen LogP contribution >= 0.6 is 11.3 Å². The van der Waals surface area contributed by atoms with Crippen LogP contribution in [0.2, 0.25) is 0 Å². The number of pyridine rings is 1. The molecule has 180 valence electrons. The number of hydrogen-bond acceptors (Lipinski definition) is 10. The normalized spacial score (nSPS) is 26.8. The lowest BCUT2D eigenvalue weighted by Gasteiger charge is -2.21. The molecule has 0 aliphatic heterocycles. The highest BCUT2D eigenvalue weighted by atomic mass is 32.1. The Hall–Kier alpha value is -2.40. The van der Waals surface area contributed by atoms with Crippen molar-refractivity contribution in [3.05, 3.63) is 23.7 Å².